The molecule has 0 aliphatic carbocycles. The third kappa shape index (κ3) is 4.78. The number of ether oxygens (including phenoxy) is 1. The number of hydrogen-bond acceptors (Lipinski definition) is 8. The van der Waals surface area contributed by atoms with Crippen LogP contribution in [-0.4, -0.2) is 23.4 Å². The molecule has 0 bridgehead atoms. The van der Waals surface area contributed by atoms with Gasteiger partial charge in [-0.25, -0.2) is 22.8 Å². The Balaban J connectivity index is 1.52. The fourth-order valence-corrected chi connectivity index (χ4v) is 5.39. The first-order chi connectivity index (χ1) is 17.3. The number of benzene rings is 1. The molecule has 0 spiro atoms. The van der Waals surface area contributed by atoms with Gasteiger partial charge in [-0.3, -0.25) is 9.71 Å². The lowest BCUT2D eigenvalue weighted by molar-refractivity contribution is 0.473. The van der Waals surface area contributed by atoms with E-state index in [2.05, 4.69) is 19.7 Å². The van der Waals surface area contributed by atoms with E-state index in [1.807, 2.05) is 0 Å². The van der Waals surface area contributed by atoms with E-state index in [9.17, 15) is 17.2 Å². The molecule has 0 saturated heterocycles. The smallest absolute Gasteiger partial charge is 0.266 e. The molecule has 5 aromatic rings. The molecule has 4 aromatic heterocycles. The highest BCUT2D eigenvalue weighted by Gasteiger charge is 2.24. The lowest BCUT2D eigenvalue weighted by Gasteiger charge is -2.14. The normalized spacial score (nSPS) is 11.4. The molecule has 182 valence electrons. The molecule has 0 saturated carbocycles. The number of pyridine rings is 2. The number of aromatic nitrogens is 3. The van der Waals surface area contributed by atoms with Crippen LogP contribution in [-0.2, 0) is 10.0 Å². The predicted octanol–water partition coefficient (Wildman–Crippen LogP) is 6.38. The quantitative estimate of drug-likeness (QED) is 0.236. The van der Waals surface area contributed by atoms with Crippen molar-refractivity contribution in [3.63, 3.8) is 0 Å². The zero-order chi connectivity index (χ0) is 25.3. The van der Waals surface area contributed by atoms with Crippen molar-refractivity contribution in [1.29, 1.82) is 0 Å². The van der Waals surface area contributed by atoms with E-state index in [1.54, 1.807) is 23.6 Å². The van der Waals surface area contributed by atoms with Gasteiger partial charge >= 0.3 is 0 Å². The summed E-state index contributed by atoms with van der Waals surface area (Å²) in [6, 6.07) is 8.09. The summed E-state index contributed by atoms with van der Waals surface area (Å²) in [7, 11) is -4.29. The maximum atomic E-state index is 14.9. The topological polar surface area (TPSA) is 107 Å². The average molecular weight is 547 g/mol. The zero-order valence-electron chi connectivity index (χ0n) is 17.9. The number of anilines is 1. The highest BCUT2D eigenvalue weighted by molar-refractivity contribution is 7.93. The van der Waals surface area contributed by atoms with Gasteiger partial charge in [-0.05, 0) is 30.3 Å². The van der Waals surface area contributed by atoms with Crippen LogP contribution in [0, 0.1) is 11.8 Å². The molecule has 1 N–H and O–H groups in total. The van der Waals surface area contributed by atoms with Crippen LogP contribution >= 0.6 is 22.9 Å². The average Bonchev–Trinajstić information content (AvgIpc) is 3.56. The molecular weight excluding hydrogens is 534 g/mol. The summed E-state index contributed by atoms with van der Waals surface area (Å²) in [6.07, 6.45) is 6.91. The van der Waals surface area contributed by atoms with Gasteiger partial charge in [0, 0.05) is 35.0 Å². The lowest BCUT2D eigenvalue weighted by Crippen LogP contribution is -2.14. The second-order valence-electron chi connectivity index (χ2n) is 7.18. The van der Waals surface area contributed by atoms with Crippen molar-refractivity contribution in [2.24, 2.45) is 0 Å². The Hall–Kier alpha value is -3.87. The molecule has 36 heavy (non-hydrogen) atoms. The van der Waals surface area contributed by atoms with Gasteiger partial charge in [-0.15, -0.1) is 11.3 Å². The van der Waals surface area contributed by atoms with Crippen LogP contribution in [0.3, 0.4) is 0 Å². The first kappa shape index (κ1) is 23.9. The Morgan fingerprint density at radius 1 is 1.03 bits per heavy atom. The molecule has 4 heterocycles. The molecule has 0 fully saturated rings. The molecule has 13 heteroatoms. The zero-order valence-corrected chi connectivity index (χ0v) is 20.2. The second-order valence-corrected chi connectivity index (χ2v) is 10.1. The number of sulfonamides is 1. The highest BCUT2D eigenvalue weighted by Crippen LogP contribution is 2.39. The summed E-state index contributed by atoms with van der Waals surface area (Å²) in [6.45, 7) is 0. The van der Waals surface area contributed by atoms with E-state index >= 15 is 0 Å². The Morgan fingerprint density at radius 3 is 2.61 bits per heavy atom. The monoisotopic (exact) mass is 546 g/mol. The number of thiazole rings is 1. The molecule has 0 aliphatic heterocycles. The number of nitrogens with one attached hydrogen (secondary N) is 1. The van der Waals surface area contributed by atoms with E-state index in [0.29, 0.717) is 11.1 Å². The molecule has 8 nitrogen and oxygen atoms in total. The first-order valence-electron chi connectivity index (χ1n) is 10.0. The molecule has 0 unspecified atom stereocenters. The molecule has 0 amide bonds. The molecule has 0 radical (unpaired) electrons. The van der Waals surface area contributed by atoms with Crippen LogP contribution in [0.25, 0.3) is 22.4 Å². The van der Waals surface area contributed by atoms with Crippen molar-refractivity contribution in [2.75, 3.05) is 4.72 Å². The third-order valence-corrected chi connectivity index (χ3v) is 7.35. The predicted molar refractivity (Wildman–Crippen MR) is 130 cm³/mol. The molecule has 0 aliphatic rings. The van der Waals surface area contributed by atoms with Gasteiger partial charge in [0.2, 0.25) is 5.95 Å². The van der Waals surface area contributed by atoms with Crippen LogP contribution in [0.2, 0.25) is 5.02 Å². The minimum atomic E-state index is -4.29. The maximum absolute atomic E-state index is 14.9. The van der Waals surface area contributed by atoms with Crippen molar-refractivity contribution in [3.05, 3.63) is 89.7 Å². The van der Waals surface area contributed by atoms with Gasteiger partial charge in [0.25, 0.3) is 10.0 Å². The van der Waals surface area contributed by atoms with Crippen LogP contribution in [0.4, 0.5) is 13.9 Å². The van der Waals surface area contributed by atoms with E-state index in [4.69, 9.17) is 20.8 Å². The molecule has 1 aromatic carbocycles. The number of nitrogens with zero attached hydrogens (tertiary/aromatic N) is 3. The van der Waals surface area contributed by atoms with Crippen LogP contribution < -0.4 is 9.46 Å². The molecule has 5 rings (SSSR count). The Bertz CT molecular complexity index is 1650. The highest BCUT2D eigenvalue weighted by atomic mass is 35.5. The van der Waals surface area contributed by atoms with Crippen molar-refractivity contribution in [3.8, 4) is 33.9 Å². The number of rotatable bonds is 7. The summed E-state index contributed by atoms with van der Waals surface area (Å²) in [5.74, 6) is -1.81. The second kappa shape index (κ2) is 9.64. The van der Waals surface area contributed by atoms with Gasteiger partial charge in [0.1, 0.15) is 16.5 Å². The summed E-state index contributed by atoms with van der Waals surface area (Å²) >= 11 is 7.31. The molecule has 0 atom stereocenters. The fourth-order valence-electron chi connectivity index (χ4n) is 3.25. The third-order valence-electron chi connectivity index (χ3n) is 4.88. The molecular formula is C23H13ClF2N4O4S2. The Kier molecular flexibility index (Phi) is 6.39. The summed E-state index contributed by atoms with van der Waals surface area (Å²) < 4.78 is 67.5. The standard InChI is InChI=1S/C23H13ClF2N4O4S2/c24-16-9-21(36(31,32)30-23-28-5-7-35-23)17(25)10-19(16)34-20-11-29-18(14-2-1-4-27-22(14)26)8-15(20)13-3-6-33-12-13/h1-12H,(H,28,30). The van der Waals surface area contributed by atoms with Crippen molar-refractivity contribution >= 4 is 38.1 Å². The largest absolute Gasteiger partial charge is 0.472 e. The van der Waals surface area contributed by atoms with Gasteiger partial charge in [-0.2, -0.15) is 4.39 Å². The summed E-state index contributed by atoms with van der Waals surface area (Å²) in [5.41, 5.74) is 1.45. The van der Waals surface area contributed by atoms with E-state index in [-0.39, 0.29) is 32.9 Å². The first-order valence-corrected chi connectivity index (χ1v) is 12.8. The van der Waals surface area contributed by atoms with Gasteiger partial charge in [-0.1, -0.05) is 11.6 Å². The SMILES string of the molecule is O=S(=O)(Nc1nccs1)c1cc(Cl)c(Oc2cnc(-c3cccnc3F)cc2-c2ccoc2)cc1F. The minimum Gasteiger partial charge on any atom is -0.472 e. The summed E-state index contributed by atoms with van der Waals surface area (Å²) in [4.78, 5) is 11.0. The van der Waals surface area contributed by atoms with E-state index < -0.39 is 26.7 Å². The van der Waals surface area contributed by atoms with Crippen molar-refractivity contribution < 1.29 is 26.4 Å². The van der Waals surface area contributed by atoms with Crippen molar-refractivity contribution in [1.82, 2.24) is 15.0 Å². The number of halogens is 3. The Morgan fingerprint density at radius 2 is 1.89 bits per heavy atom. The lowest BCUT2D eigenvalue weighted by atomic mass is 10.1. The Labute approximate surface area is 212 Å². The minimum absolute atomic E-state index is 0.0758. The van der Waals surface area contributed by atoms with Crippen molar-refractivity contribution in [2.45, 2.75) is 4.90 Å². The van der Waals surface area contributed by atoms with Gasteiger partial charge in [0.15, 0.2) is 10.9 Å². The van der Waals surface area contributed by atoms with Crippen LogP contribution in [0.15, 0.2) is 82.2 Å². The van der Waals surface area contributed by atoms with Gasteiger partial charge < -0.3 is 9.15 Å². The van der Waals surface area contributed by atoms with Crippen LogP contribution in [0.5, 0.6) is 11.5 Å². The maximum Gasteiger partial charge on any atom is 0.266 e. The number of hydrogen-bond donors (Lipinski definition) is 1. The fraction of sp³-hybridized carbons (Fsp3) is 0. The number of furan rings is 1. The van der Waals surface area contributed by atoms with Gasteiger partial charge in [0.05, 0.1) is 35.0 Å². The van der Waals surface area contributed by atoms with Crippen LogP contribution in [0.1, 0.15) is 0 Å². The van der Waals surface area contributed by atoms with E-state index in [1.165, 1.54) is 37.2 Å². The van der Waals surface area contributed by atoms with E-state index in [0.717, 1.165) is 23.5 Å². The summed E-state index contributed by atoms with van der Waals surface area (Å²) in [5, 5.41) is 1.47.